The standard InChI is InChI=1S/C18H24N2O3/c1-23-13-6-7-16-15(10-13)14(8-9-20-16)18(22)17(21)11-2-4-12(19)5-3-11/h6-12,17-18,21-22H,2-5,19H2,1H3/t11-,12-,17-,18-/m1/s1. The number of pyridine rings is 1. The number of aliphatic hydroxyl groups excluding tert-OH is 2. The Kier molecular flexibility index (Phi) is 4.80. The highest BCUT2D eigenvalue weighted by Gasteiger charge is 2.31. The van der Waals surface area contributed by atoms with Crippen molar-refractivity contribution in [2.45, 2.75) is 43.9 Å². The number of aliphatic hydroxyl groups is 2. The van der Waals surface area contributed by atoms with Crippen LogP contribution < -0.4 is 10.5 Å². The third-order valence-corrected chi connectivity index (χ3v) is 4.92. The zero-order valence-corrected chi connectivity index (χ0v) is 13.4. The molecule has 2 aromatic rings. The minimum atomic E-state index is -0.938. The zero-order chi connectivity index (χ0) is 16.4. The van der Waals surface area contributed by atoms with Crippen molar-refractivity contribution in [2.24, 2.45) is 11.7 Å². The Balaban J connectivity index is 1.89. The maximum atomic E-state index is 10.7. The lowest BCUT2D eigenvalue weighted by molar-refractivity contribution is -0.0290. The lowest BCUT2D eigenvalue weighted by Gasteiger charge is -2.32. The molecule has 1 aromatic heterocycles. The van der Waals surface area contributed by atoms with Crippen LogP contribution in [0.25, 0.3) is 10.9 Å². The smallest absolute Gasteiger partial charge is 0.119 e. The normalized spacial score (nSPS) is 24.3. The van der Waals surface area contributed by atoms with E-state index in [2.05, 4.69) is 4.98 Å². The summed E-state index contributed by atoms with van der Waals surface area (Å²) >= 11 is 0. The summed E-state index contributed by atoms with van der Waals surface area (Å²) in [5.41, 5.74) is 7.39. The molecule has 5 heteroatoms. The second-order valence-electron chi connectivity index (χ2n) is 6.39. The molecule has 2 atom stereocenters. The molecule has 0 amide bonds. The lowest BCUT2D eigenvalue weighted by Crippen LogP contribution is -2.35. The van der Waals surface area contributed by atoms with Crippen molar-refractivity contribution >= 4 is 10.9 Å². The Hall–Kier alpha value is -1.69. The predicted octanol–water partition coefficient (Wildman–Crippen LogP) is 2.16. The van der Waals surface area contributed by atoms with Crippen LogP contribution in [0.3, 0.4) is 0 Å². The monoisotopic (exact) mass is 316 g/mol. The molecule has 1 aliphatic rings. The SMILES string of the molecule is COc1ccc2nccc([C@@H](O)[C@H](O)[C@H]3CC[C@H](N)CC3)c2c1. The molecule has 1 saturated carbocycles. The van der Waals surface area contributed by atoms with Gasteiger partial charge in [0.05, 0.1) is 18.7 Å². The van der Waals surface area contributed by atoms with E-state index in [1.54, 1.807) is 19.4 Å². The highest BCUT2D eigenvalue weighted by Crippen LogP contribution is 2.34. The summed E-state index contributed by atoms with van der Waals surface area (Å²) in [6, 6.07) is 7.54. The molecule has 0 unspecified atom stereocenters. The van der Waals surface area contributed by atoms with Crippen molar-refractivity contribution < 1.29 is 14.9 Å². The Labute approximate surface area is 136 Å². The van der Waals surface area contributed by atoms with Crippen LogP contribution in [0.2, 0.25) is 0 Å². The van der Waals surface area contributed by atoms with E-state index in [4.69, 9.17) is 10.5 Å². The molecule has 3 rings (SSSR count). The van der Waals surface area contributed by atoms with Crippen LogP contribution in [-0.4, -0.2) is 34.5 Å². The van der Waals surface area contributed by atoms with Gasteiger partial charge < -0.3 is 20.7 Å². The van der Waals surface area contributed by atoms with Crippen LogP contribution in [0.15, 0.2) is 30.5 Å². The largest absolute Gasteiger partial charge is 0.497 e. The van der Waals surface area contributed by atoms with Crippen LogP contribution in [-0.2, 0) is 0 Å². The number of methoxy groups -OCH3 is 1. The summed E-state index contributed by atoms with van der Waals surface area (Å²) in [7, 11) is 1.60. The van der Waals surface area contributed by atoms with Crippen molar-refractivity contribution in [3.05, 3.63) is 36.0 Å². The molecule has 0 bridgehead atoms. The fraction of sp³-hybridized carbons (Fsp3) is 0.500. The third-order valence-electron chi connectivity index (χ3n) is 4.92. The molecule has 1 aliphatic carbocycles. The van der Waals surface area contributed by atoms with Crippen molar-refractivity contribution in [1.82, 2.24) is 4.98 Å². The number of benzene rings is 1. The van der Waals surface area contributed by atoms with Crippen LogP contribution in [0.4, 0.5) is 0 Å². The Morgan fingerprint density at radius 1 is 1.17 bits per heavy atom. The van der Waals surface area contributed by atoms with Crippen molar-refractivity contribution in [3.63, 3.8) is 0 Å². The molecule has 0 radical (unpaired) electrons. The first-order chi connectivity index (χ1) is 11.1. The molecular formula is C18H24N2O3. The first-order valence-electron chi connectivity index (χ1n) is 8.14. The summed E-state index contributed by atoms with van der Waals surface area (Å²) < 4.78 is 5.26. The minimum absolute atomic E-state index is 0.0821. The summed E-state index contributed by atoms with van der Waals surface area (Å²) in [5, 5.41) is 22.2. The highest BCUT2D eigenvalue weighted by atomic mass is 16.5. The highest BCUT2D eigenvalue weighted by molar-refractivity contribution is 5.83. The van der Waals surface area contributed by atoms with E-state index in [1.807, 2.05) is 18.2 Å². The predicted molar refractivity (Wildman–Crippen MR) is 89.2 cm³/mol. The lowest BCUT2D eigenvalue weighted by atomic mass is 9.80. The number of hydrogen-bond acceptors (Lipinski definition) is 5. The fourth-order valence-corrected chi connectivity index (χ4v) is 3.46. The number of aromatic nitrogens is 1. The van der Waals surface area contributed by atoms with Crippen molar-refractivity contribution in [1.29, 1.82) is 0 Å². The van der Waals surface area contributed by atoms with Gasteiger partial charge >= 0.3 is 0 Å². The summed E-state index contributed by atoms with van der Waals surface area (Å²) in [6.07, 6.45) is 3.44. The molecule has 4 N–H and O–H groups in total. The van der Waals surface area contributed by atoms with Crippen LogP contribution in [0.1, 0.15) is 37.4 Å². The van der Waals surface area contributed by atoms with Crippen LogP contribution in [0.5, 0.6) is 5.75 Å². The number of nitrogens with two attached hydrogens (primary N) is 1. The van der Waals surface area contributed by atoms with E-state index in [0.717, 1.165) is 36.6 Å². The van der Waals surface area contributed by atoms with Gasteiger partial charge in [0.2, 0.25) is 0 Å². The number of fused-ring (bicyclic) bond motifs is 1. The van der Waals surface area contributed by atoms with Gasteiger partial charge in [0, 0.05) is 17.6 Å². The first-order valence-corrected chi connectivity index (χ1v) is 8.14. The molecule has 1 aromatic carbocycles. The molecular weight excluding hydrogens is 292 g/mol. The van der Waals surface area contributed by atoms with E-state index in [9.17, 15) is 10.2 Å². The van der Waals surface area contributed by atoms with E-state index < -0.39 is 12.2 Å². The molecule has 5 nitrogen and oxygen atoms in total. The number of nitrogens with zero attached hydrogens (tertiary/aromatic N) is 1. The zero-order valence-electron chi connectivity index (χ0n) is 13.4. The number of rotatable bonds is 4. The molecule has 1 fully saturated rings. The third kappa shape index (κ3) is 3.32. The quantitative estimate of drug-likeness (QED) is 0.804. The maximum absolute atomic E-state index is 10.7. The molecule has 0 spiro atoms. The van der Waals surface area contributed by atoms with Crippen LogP contribution >= 0.6 is 0 Å². The summed E-state index contributed by atoms with van der Waals surface area (Å²) in [5.74, 6) is 0.788. The van der Waals surface area contributed by atoms with Gasteiger partial charge in [-0.05, 0) is 61.4 Å². The van der Waals surface area contributed by atoms with Crippen molar-refractivity contribution in [3.8, 4) is 5.75 Å². The Morgan fingerprint density at radius 3 is 2.61 bits per heavy atom. The topological polar surface area (TPSA) is 88.6 Å². The Morgan fingerprint density at radius 2 is 1.91 bits per heavy atom. The van der Waals surface area contributed by atoms with E-state index in [1.165, 1.54) is 0 Å². The second-order valence-corrected chi connectivity index (χ2v) is 6.39. The van der Waals surface area contributed by atoms with Crippen molar-refractivity contribution in [2.75, 3.05) is 7.11 Å². The number of hydrogen-bond donors (Lipinski definition) is 3. The van der Waals surface area contributed by atoms with E-state index in [0.29, 0.717) is 11.3 Å². The molecule has 0 aliphatic heterocycles. The summed E-state index contributed by atoms with van der Waals surface area (Å²) in [6.45, 7) is 0. The van der Waals surface area contributed by atoms with Gasteiger partial charge in [0.25, 0.3) is 0 Å². The van der Waals surface area contributed by atoms with Crippen LogP contribution in [0, 0.1) is 5.92 Å². The van der Waals surface area contributed by atoms with Gasteiger partial charge in [0.1, 0.15) is 11.9 Å². The maximum Gasteiger partial charge on any atom is 0.119 e. The van der Waals surface area contributed by atoms with E-state index in [-0.39, 0.29) is 12.0 Å². The van der Waals surface area contributed by atoms with Gasteiger partial charge in [-0.25, -0.2) is 0 Å². The minimum Gasteiger partial charge on any atom is -0.497 e. The molecule has 1 heterocycles. The molecule has 0 saturated heterocycles. The van der Waals surface area contributed by atoms with Gasteiger partial charge in [-0.3, -0.25) is 4.98 Å². The Bertz CT molecular complexity index is 668. The van der Waals surface area contributed by atoms with Gasteiger partial charge in [-0.2, -0.15) is 0 Å². The fourth-order valence-electron chi connectivity index (χ4n) is 3.46. The second kappa shape index (κ2) is 6.83. The average Bonchev–Trinajstić information content (AvgIpc) is 2.60. The number of ether oxygens (including phenoxy) is 1. The van der Waals surface area contributed by atoms with E-state index >= 15 is 0 Å². The van der Waals surface area contributed by atoms with Gasteiger partial charge in [-0.15, -0.1) is 0 Å². The molecule has 23 heavy (non-hydrogen) atoms. The van der Waals surface area contributed by atoms with Gasteiger partial charge in [0.15, 0.2) is 0 Å². The average molecular weight is 316 g/mol. The summed E-state index contributed by atoms with van der Waals surface area (Å²) in [4.78, 5) is 4.32. The van der Waals surface area contributed by atoms with Gasteiger partial charge in [-0.1, -0.05) is 0 Å². The molecule has 124 valence electrons. The first kappa shape index (κ1) is 16.2.